The lowest BCUT2D eigenvalue weighted by Gasteiger charge is -2.21. The average Bonchev–Trinajstić information content (AvgIpc) is 2.43. The van der Waals surface area contributed by atoms with Crippen molar-refractivity contribution in [3.8, 4) is 17.2 Å². The van der Waals surface area contributed by atoms with Gasteiger partial charge in [0.05, 0.1) is 17.0 Å². The van der Waals surface area contributed by atoms with Crippen molar-refractivity contribution in [3.63, 3.8) is 0 Å². The first-order chi connectivity index (χ1) is 9.97. The van der Waals surface area contributed by atoms with Crippen LogP contribution in [0.2, 0.25) is 0 Å². The van der Waals surface area contributed by atoms with E-state index in [0.717, 1.165) is 6.07 Å². The molecule has 0 spiro atoms. The molecule has 2 aromatic rings. The Bertz CT molecular complexity index is 764. The molecule has 1 aliphatic heterocycles. The quantitative estimate of drug-likeness (QED) is 0.634. The number of Topliss-reactive ketones (excluding diaryl/α,β-unsaturated/α-hetero) is 1. The predicted molar refractivity (Wildman–Crippen MR) is 74.4 cm³/mol. The molecule has 1 heterocycles. The number of nitrogens with zero attached hydrogens (tertiary/aromatic N) is 1. The summed E-state index contributed by atoms with van der Waals surface area (Å²) < 4.78 is 0. The van der Waals surface area contributed by atoms with Gasteiger partial charge in [-0.15, -0.1) is 0 Å². The molecule has 6 nitrogen and oxygen atoms in total. The van der Waals surface area contributed by atoms with Gasteiger partial charge >= 0.3 is 0 Å². The van der Waals surface area contributed by atoms with Crippen LogP contribution in [0.25, 0.3) is 0 Å². The third-order valence-electron chi connectivity index (χ3n) is 3.24. The molecular formula is C15H11NO5. The van der Waals surface area contributed by atoms with E-state index in [0.29, 0.717) is 5.56 Å². The molecule has 0 aromatic heterocycles. The molecule has 1 unspecified atom stereocenters. The van der Waals surface area contributed by atoms with Gasteiger partial charge in [-0.3, -0.25) is 4.79 Å². The zero-order valence-electron chi connectivity index (χ0n) is 10.7. The van der Waals surface area contributed by atoms with E-state index in [1.807, 2.05) is 0 Å². The maximum Gasteiger partial charge on any atom is 0.203 e. The first kappa shape index (κ1) is 13.1. The summed E-state index contributed by atoms with van der Waals surface area (Å²) in [6.45, 7) is 0. The Kier molecular flexibility index (Phi) is 2.88. The molecule has 106 valence electrons. The van der Waals surface area contributed by atoms with E-state index < -0.39 is 17.6 Å². The summed E-state index contributed by atoms with van der Waals surface area (Å²) >= 11 is 0. The summed E-state index contributed by atoms with van der Waals surface area (Å²) in [7, 11) is 0. The van der Waals surface area contributed by atoms with Gasteiger partial charge in [0.15, 0.2) is 6.10 Å². The number of aliphatic hydroxyl groups is 1. The van der Waals surface area contributed by atoms with Crippen molar-refractivity contribution in [3.05, 3.63) is 47.5 Å². The van der Waals surface area contributed by atoms with Crippen LogP contribution in [0.1, 0.15) is 15.9 Å². The number of aliphatic hydroxyl groups excluding tert-OH is 1. The number of hydrogen-bond donors (Lipinski definition) is 4. The normalized spacial score (nSPS) is 17.3. The molecule has 3 rings (SSSR count). The zero-order chi connectivity index (χ0) is 15.1. The number of carbonyl (C=O) groups is 1. The van der Waals surface area contributed by atoms with Crippen LogP contribution in [-0.2, 0) is 0 Å². The van der Waals surface area contributed by atoms with Gasteiger partial charge in [0.25, 0.3) is 0 Å². The second kappa shape index (κ2) is 4.60. The maximum absolute atomic E-state index is 12.2. The number of phenolic OH excluding ortho intramolecular Hbond substituents is 3. The Morgan fingerprint density at radius 2 is 1.62 bits per heavy atom. The first-order valence-electron chi connectivity index (χ1n) is 6.13. The number of aromatic hydroxyl groups is 3. The fraction of sp³-hybridized carbons (Fsp3) is 0.0667. The largest absolute Gasteiger partial charge is 0.508 e. The monoisotopic (exact) mass is 285 g/mol. The summed E-state index contributed by atoms with van der Waals surface area (Å²) in [6, 6.07) is 8.09. The predicted octanol–water partition coefficient (Wildman–Crippen LogP) is 1.48. The highest BCUT2D eigenvalue weighted by molar-refractivity contribution is 6.26. The first-order valence-corrected chi connectivity index (χ1v) is 6.13. The Balaban J connectivity index is 2.20. The Morgan fingerprint density at radius 1 is 0.952 bits per heavy atom. The number of ketones is 1. The molecule has 0 amide bonds. The summed E-state index contributed by atoms with van der Waals surface area (Å²) in [5.41, 5.74) is 0.522. The zero-order valence-corrected chi connectivity index (χ0v) is 10.7. The van der Waals surface area contributed by atoms with Gasteiger partial charge in [0.1, 0.15) is 17.2 Å². The van der Waals surface area contributed by atoms with Crippen molar-refractivity contribution in [1.29, 1.82) is 0 Å². The number of phenols is 3. The lowest BCUT2D eigenvalue weighted by atomic mass is 9.93. The number of hydrogen-bond acceptors (Lipinski definition) is 6. The van der Waals surface area contributed by atoms with Crippen LogP contribution in [-0.4, -0.2) is 38.0 Å². The molecular weight excluding hydrogens is 274 g/mol. The second-order valence-electron chi connectivity index (χ2n) is 4.67. The summed E-state index contributed by atoms with van der Waals surface area (Å²) in [5.74, 6) is -1.31. The molecule has 6 heteroatoms. The molecule has 0 bridgehead atoms. The van der Waals surface area contributed by atoms with Crippen LogP contribution in [0.5, 0.6) is 17.2 Å². The Morgan fingerprint density at radius 3 is 2.29 bits per heavy atom. The van der Waals surface area contributed by atoms with Crippen molar-refractivity contribution in [2.45, 2.75) is 6.10 Å². The van der Waals surface area contributed by atoms with E-state index >= 15 is 0 Å². The van der Waals surface area contributed by atoms with E-state index in [1.54, 1.807) is 0 Å². The van der Waals surface area contributed by atoms with Gasteiger partial charge < -0.3 is 20.4 Å². The molecule has 0 saturated heterocycles. The topological polar surface area (TPSA) is 110 Å². The van der Waals surface area contributed by atoms with Gasteiger partial charge in [-0.1, -0.05) is 0 Å². The number of rotatable bonds is 1. The van der Waals surface area contributed by atoms with Gasteiger partial charge in [-0.2, -0.15) is 0 Å². The van der Waals surface area contributed by atoms with Crippen molar-refractivity contribution < 1.29 is 25.2 Å². The van der Waals surface area contributed by atoms with Crippen molar-refractivity contribution in [2.24, 2.45) is 4.99 Å². The number of fused-ring (bicyclic) bond motifs is 1. The molecule has 0 aliphatic carbocycles. The summed E-state index contributed by atoms with van der Waals surface area (Å²) in [4.78, 5) is 16.3. The van der Waals surface area contributed by atoms with Crippen LogP contribution in [0.15, 0.2) is 41.4 Å². The highest BCUT2D eigenvalue weighted by atomic mass is 16.3. The minimum Gasteiger partial charge on any atom is -0.508 e. The van der Waals surface area contributed by atoms with Crippen LogP contribution in [0, 0.1) is 0 Å². The number of benzene rings is 2. The fourth-order valence-corrected chi connectivity index (χ4v) is 2.24. The standard InChI is InChI=1S/C15H11NO5/c17-8-3-1-7(2-4-8)13-15(21)14(20)12-10(16-13)5-9(18)6-11(12)19/h1-6,15,17-19,21H. The van der Waals surface area contributed by atoms with E-state index in [1.165, 1.54) is 30.3 Å². The van der Waals surface area contributed by atoms with Crippen LogP contribution in [0.3, 0.4) is 0 Å². The molecule has 4 N–H and O–H groups in total. The molecule has 1 aliphatic rings. The van der Waals surface area contributed by atoms with Gasteiger partial charge in [-0.05, 0) is 29.8 Å². The highest BCUT2D eigenvalue weighted by Gasteiger charge is 2.33. The molecule has 0 fully saturated rings. The fourth-order valence-electron chi connectivity index (χ4n) is 2.24. The summed E-state index contributed by atoms with van der Waals surface area (Å²) in [6.07, 6.45) is -1.52. The Labute approximate surface area is 119 Å². The van der Waals surface area contributed by atoms with Crippen molar-refractivity contribution >= 4 is 17.2 Å². The van der Waals surface area contributed by atoms with Gasteiger partial charge in [0, 0.05) is 12.1 Å². The van der Waals surface area contributed by atoms with Crippen LogP contribution >= 0.6 is 0 Å². The summed E-state index contributed by atoms with van der Waals surface area (Å²) in [5, 5.41) is 38.6. The third-order valence-corrected chi connectivity index (χ3v) is 3.24. The minimum absolute atomic E-state index is 0.0478. The van der Waals surface area contributed by atoms with E-state index in [2.05, 4.69) is 4.99 Å². The van der Waals surface area contributed by atoms with Crippen LogP contribution in [0.4, 0.5) is 5.69 Å². The van der Waals surface area contributed by atoms with E-state index in [-0.39, 0.29) is 28.5 Å². The third kappa shape index (κ3) is 2.11. The highest BCUT2D eigenvalue weighted by Crippen LogP contribution is 2.37. The second-order valence-corrected chi connectivity index (χ2v) is 4.67. The maximum atomic E-state index is 12.2. The number of aliphatic imine (C=N–C) groups is 1. The lowest BCUT2D eigenvalue weighted by Crippen LogP contribution is -2.33. The SMILES string of the molecule is O=C1c2c(O)cc(O)cc2N=C(c2ccc(O)cc2)C1O. The van der Waals surface area contributed by atoms with E-state index in [9.17, 15) is 25.2 Å². The van der Waals surface area contributed by atoms with E-state index in [4.69, 9.17) is 0 Å². The Hall–Kier alpha value is -2.86. The molecule has 2 aromatic carbocycles. The molecule has 0 saturated carbocycles. The van der Waals surface area contributed by atoms with Crippen LogP contribution < -0.4 is 0 Å². The average molecular weight is 285 g/mol. The molecule has 0 radical (unpaired) electrons. The smallest absolute Gasteiger partial charge is 0.203 e. The van der Waals surface area contributed by atoms with Crippen molar-refractivity contribution in [1.82, 2.24) is 0 Å². The molecule has 21 heavy (non-hydrogen) atoms. The van der Waals surface area contributed by atoms with Gasteiger partial charge in [0.2, 0.25) is 5.78 Å². The minimum atomic E-state index is -1.52. The van der Waals surface area contributed by atoms with Crippen molar-refractivity contribution in [2.75, 3.05) is 0 Å². The number of carbonyl (C=O) groups excluding carboxylic acids is 1. The van der Waals surface area contributed by atoms with Gasteiger partial charge in [-0.25, -0.2) is 4.99 Å². The lowest BCUT2D eigenvalue weighted by molar-refractivity contribution is 0.0839. The molecule has 1 atom stereocenters.